The molecule has 28 heavy (non-hydrogen) atoms. The lowest BCUT2D eigenvalue weighted by Crippen LogP contribution is -2.38. The molecule has 0 aliphatic carbocycles. The van der Waals surface area contributed by atoms with Gasteiger partial charge in [-0.3, -0.25) is 9.69 Å². The highest BCUT2D eigenvalue weighted by molar-refractivity contribution is 5.75. The molecule has 8 nitrogen and oxygen atoms in total. The van der Waals surface area contributed by atoms with Crippen LogP contribution in [0, 0.1) is 0 Å². The van der Waals surface area contributed by atoms with E-state index in [0.29, 0.717) is 13.1 Å². The van der Waals surface area contributed by atoms with Crippen LogP contribution in [0.3, 0.4) is 0 Å². The summed E-state index contributed by atoms with van der Waals surface area (Å²) in [6.07, 6.45) is 5.84. The average molecular weight is 384 g/mol. The summed E-state index contributed by atoms with van der Waals surface area (Å²) in [5, 5.41) is 12.0. The maximum absolute atomic E-state index is 12.7. The minimum Gasteiger partial charge on any atom is -0.488 e. The van der Waals surface area contributed by atoms with Gasteiger partial charge in [-0.25, -0.2) is 4.68 Å². The first-order valence-corrected chi connectivity index (χ1v) is 10.1. The summed E-state index contributed by atoms with van der Waals surface area (Å²) in [5.41, 5.74) is 1.20. The van der Waals surface area contributed by atoms with E-state index in [1.54, 1.807) is 9.58 Å². The van der Waals surface area contributed by atoms with Crippen LogP contribution in [0.15, 0.2) is 24.3 Å². The molecule has 2 aliphatic rings. The highest BCUT2D eigenvalue weighted by Crippen LogP contribution is 2.28. The molecule has 1 amide bonds. The summed E-state index contributed by atoms with van der Waals surface area (Å²) >= 11 is 0. The summed E-state index contributed by atoms with van der Waals surface area (Å²) in [6, 6.07) is 8.04. The van der Waals surface area contributed by atoms with E-state index in [-0.39, 0.29) is 18.6 Å². The third-order valence-corrected chi connectivity index (χ3v) is 5.57. The van der Waals surface area contributed by atoms with Gasteiger partial charge >= 0.3 is 0 Å². The first kappa shape index (κ1) is 18.9. The molecule has 1 aromatic heterocycles. The number of ether oxygens (including phenoxy) is 1. The molecular weight excluding hydrogens is 356 g/mol. The Morgan fingerprint density at radius 3 is 2.79 bits per heavy atom. The number of tetrazole rings is 1. The van der Waals surface area contributed by atoms with Gasteiger partial charge in [0.05, 0.1) is 13.1 Å². The van der Waals surface area contributed by atoms with Gasteiger partial charge < -0.3 is 9.64 Å². The number of fused-ring (bicyclic) bond motifs is 1. The standard InChI is InChI=1S/C20H28N6O2/c1-24(13-17-12-16-8-4-5-9-18(16)28-17)20(27)15-26-19(21-22-23-26)14-25-10-6-2-3-7-11-25/h4-5,8-9,17H,2-3,6-7,10-15H2,1H3. The Labute approximate surface area is 165 Å². The minimum atomic E-state index is -0.0102. The number of likely N-dealkylation sites (N-methyl/N-ethyl adjacent to an activating group) is 1. The maximum atomic E-state index is 12.7. The number of nitrogens with zero attached hydrogens (tertiary/aromatic N) is 6. The van der Waals surface area contributed by atoms with E-state index in [9.17, 15) is 4.79 Å². The van der Waals surface area contributed by atoms with Crippen molar-refractivity contribution < 1.29 is 9.53 Å². The Balaban J connectivity index is 1.31. The molecule has 0 bridgehead atoms. The molecule has 1 unspecified atom stereocenters. The van der Waals surface area contributed by atoms with Crippen LogP contribution in [0.5, 0.6) is 5.75 Å². The molecule has 1 saturated heterocycles. The largest absolute Gasteiger partial charge is 0.488 e. The molecule has 3 heterocycles. The Kier molecular flexibility index (Phi) is 5.85. The van der Waals surface area contributed by atoms with Crippen molar-refractivity contribution in [3.05, 3.63) is 35.7 Å². The van der Waals surface area contributed by atoms with Crippen molar-refractivity contribution >= 4 is 5.91 Å². The van der Waals surface area contributed by atoms with Crippen molar-refractivity contribution in [3.63, 3.8) is 0 Å². The van der Waals surface area contributed by atoms with Crippen LogP contribution in [-0.2, 0) is 24.3 Å². The van der Waals surface area contributed by atoms with Crippen LogP contribution in [0.2, 0.25) is 0 Å². The van der Waals surface area contributed by atoms with E-state index in [4.69, 9.17) is 4.74 Å². The number of amides is 1. The molecule has 8 heteroatoms. The summed E-state index contributed by atoms with van der Waals surface area (Å²) in [7, 11) is 1.81. The van der Waals surface area contributed by atoms with Gasteiger partial charge in [-0.15, -0.1) is 5.10 Å². The second-order valence-corrected chi connectivity index (χ2v) is 7.77. The van der Waals surface area contributed by atoms with Gasteiger partial charge in [-0.05, 0) is 48.0 Å². The Bertz CT molecular complexity index is 774. The van der Waals surface area contributed by atoms with E-state index >= 15 is 0 Å². The van der Waals surface area contributed by atoms with Crippen LogP contribution in [0.25, 0.3) is 0 Å². The fourth-order valence-electron chi connectivity index (χ4n) is 3.97. The molecule has 4 rings (SSSR count). The van der Waals surface area contributed by atoms with Gasteiger partial charge in [0, 0.05) is 13.5 Å². The molecule has 1 atom stereocenters. The van der Waals surface area contributed by atoms with Gasteiger partial charge in [0.2, 0.25) is 5.91 Å². The lowest BCUT2D eigenvalue weighted by Gasteiger charge is -2.22. The number of hydrogen-bond donors (Lipinski definition) is 0. The Morgan fingerprint density at radius 2 is 2.00 bits per heavy atom. The van der Waals surface area contributed by atoms with E-state index in [1.165, 1.54) is 31.2 Å². The minimum absolute atomic E-state index is 0.00297. The van der Waals surface area contributed by atoms with Crippen LogP contribution in [0.1, 0.15) is 37.1 Å². The molecule has 2 aliphatic heterocycles. The van der Waals surface area contributed by atoms with Crippen LogP contribution < -0.4 is 4.74 Å². The highest BCUT2D eigenvalue weighted by Gasteiger charge is 2.25. The molecular formula is C20H28N6O2. The molecule has 150 valence electrons. The normalized spacial score (nSPS) is 19.7. The number of rotatable bonds is 6. The van der Waals surface area contributed by atoms with Gasteiger partial charge in [-0.1, -0.05) is 31.0 Å². The van der Waals surface area contributed by atoms with Crippen molar-refractivity contribution in [1.29, 1.82) is 0 Å². The predicted molar refractivity (Wildman–Crippen MR) is 104 cm³/mol. The number of carbonyl (C=O) groups is 1. The van der Waals surface area contributed by atoms with E-state index in [0.717, 1.165) is 31.1 Å². The molecule has 2 aromatic rings. The lowest BCUT2D eigenvalue weighted by molar-refractivity contribution is -0.131. The van der Waals surface area contributed by atoms with E-state index in [1.807, 2.05) is 25.2 Å². The van der Waals surface area contributed by atoms with E-state index in [2.05, 4.69) is 26.5 Å². The third-order valence-electron chi connectivity index (χ3n) is 5.57. The number of benzene rings is 1. The van der Waals surface area contributed by atoms with Crippen molar-refractivity contribution in [3.8, 4) is 5.75 Å². The van der Waals surface area contributed by atoms with E-state index < -0.39 is 0 Å². The molecule has 0 spiro atoms. The smallest absolute Gasteiger partial charge is 0.244 e. The Morgan fingerprint density at radius 1 is 1.21 bits per heavy atom. The number of carbonyl (C=O) groups excluding carboxylic acids is 1. The number of likely N-dealkylation sites (tertiary alicyclic amines) is 1. The molecule has 0 saturated carbocycles. The van der Waals surface area contributed by atoms with Crippen molar-refractivity contribution in [2.24, 2.45) is 0 Å². The first-order valence-electron chi connectivity index (χ1n) is 10.1. The topological polar surface area (TPSA) is 76.4 Å². The zero-order valence-corrected chi connectivity index (χ0v) is 16.5. The number of aromatic nitrogens is 4. The van der Waals surface area contributed by atoms with Gasteiger partial charge in [0.15, 0.2) is 5.82 Å². The summed E-state index contributed by atoms with van der Waals surface area (Å²) in [4.78, 5) is 16.8. The van der Waals surface area contributed by atoms with Crippen molar-refractivity contribution in [1.82, 2.24) is 30.0 Å². The van der Waals surface area contributed by atoms with Gasteiger partial charge in [0.1, 0.15) is 18.4 Å². The average Bonchev–Trinajstić information content (AvgIpc) is 3.20. The SMILES string of the molecule is CN(CC1Cc2ccccc2O1)C(=O)Cn1nnnc1CN1CCCCCC1. The third kappa shape index (κ3) is 4.49. The second-order valence-electron chi connectivity index (χ2n) is 7.77. The summed E-state index contributed by atoms with van der Waals surface area (Å²) in [5.74, 6) is 1.67. The lowest BCUT2D eigenvalue weighted by atomic mass is 10.1. The van der Waals surface area contributed by atoms with Crippen LogP contribution >= 0.6 is 0 Å². The maximum Gasteiger partial charge on any atom is 0.244 e. The highest BCUT2D eigenvalue weighted by atomic mass is 16.5. The quantitative estimate of drug-likeness (QED) is 0.751. The number of para-hydroxylation sites is 1. The zero-order chi connectivity index (χ0) is 19.3. The second kappa shape index (κ2) is 8.68. The van der Waals surface area contributed by atoms with Crippen molar-refractivity contribution in [2.45, 2.75) is 51.3 Å². The van der Waals surface area contributed by atoms with Crippen LogP contribution in [-0.4, -0.2) is 68.7 Å². The predicted octanol–water partition coefficient (Wildman–Crippen LogP) is 1.51. The summed E-state index contributed by atoms with van der Waals surface area (Å²) in [6.45, 7) is 3.55. The Hall–Kier alpha value is -2.48. The monoisotopic (exact) mass is 384 g/mol. The molecule has 0 N–H and O–H groups in total. The summed E-state index contributed by atoms with van der Waals surface area (Å²) < 4.78 is 7.58. The van der Waals surface area contributed by atoms with Gasteiger partial charge in [0.25, 0.3) is 0 Å². The van der Waals surface area contributed by atoms with Crippen LogP contribution in [0.4, 0.5) is 0 Å². The zero-order valence-electron chi connectivity index (χ0n) is 16.5. The fourth-order valence-corrected chi connectivity index (χ4v) is 3.97. The molecule has 1 fully saturated rings. The fraction of sp³-hybridized carbons (Fsp3) is 0.600. The number of hydrogen-bond acceptors (Lipinski definition) is 6. The van der Waals surface area contributed by atoms with Gasteiger partial charge in [-0.2, -0.15) is 0 Å². The molecule has 1 aromatic carbocycles. The first-order chi connectivity index (χ1) is 13.7. The molecule has 0 radical (unpaired) electrons. The van der Waals surface area contributed by atoms with Crippen molar-refractivity contribution in [2.75, 3.05) is 26.7 Å².